The quantitative estimate of drug-likeness (QED) is 0.427. The fraction of sp³-hybridized carbons (Fsp3) is 0.581. The third-order valence-corrected chi connectivity index (χ3v) is 7.57. The van der Waals surface area contributed by atoms with Gasteiger partial charge in [0, 0.05) is 24.3 Å². The number of benzene rings is 1. The Bertz CT molecular complexity index is 1190. The van der Waals surface area contributed by atoms with Crippen LogP contribution < -0.4 is 9.80 Å². The maximum Gasteiger partial charge on any atom is 0.420 e. The van der Waals surface area contributed by atoms with Crippen molar-refractivity contribution in [2.75, 3.05) is 16.4 Å². The molecule has 1 aromatic carbocycles. The van der Waals surface area contributed by atoms with Crippen molar-refractivity contribution < 1.29 is 23.8 Å². The SMILES string of the molecule is CC(C)O[C@H]1CC[C@H](C(=O)N2Cc3cccnc3N(C(=O)OC(C)(C)C)c3ccc(C4CCCO4)cc32)CC1. The number of carbonyl (C=O) groups is 2. The Morgan fingerprint density at radius 1 is 1.05 bits per heavy atom. The normalized spacial score (nSPS) is 23.3. The minimum atomic E-state index is -0.692. The highest BCUT2D eigenvalue weighted by molar-refractivity contribution is 6.06. The van der Waals surface area contributed by atoms with E-state index in [1.165, 1.54) is 4.90 Å². The second kappa shape index (κ2) is 11.3. The maximum atomic E-state index is 14.2. The number of pyridine rings is 1. The van der Waals surface area contributed by atoms with E-state index in [9.17, 15) is 9.59 Å². The monoisotopic (exact) mass is 535 g/mol. The standard InChI is InChI=1S/C31H41N3O5/c1-20(2)38-24-13-10-21(11-14-24)29(35)33-19-23-8-6-16-32-28(23)34(30(36)39-31(3,4)5)25-15-12-22(18-26(25)33)27-9-7-17-37-27/h6,8,12,15-16,18,20-21,24,27H,7,9-11,13-14,17,19H2,1-5H3/t21-,24-,27?. The summed E-state index contributed by atoms with van der Waals surface area (Å²) in [5.41, 5.74) is 2.40. The molecule has 3 heterocycles. The molecule has 0 N–H and O–H groups in total. The van der Waals surface area contributed by atoms with Crippen molar-refractivity contribution >= 4 is 29.2 Å². The van der Waals surface area contributed by atoms with Gasteiger partial charge in [-0.3, -0.25) is 4.79 Å². The van der Waals surface area contributed by atoms with Crippen LogP contribution in [0.15, 0.2) is 36.5 Å². The first-order valence-electron chi connectivity index (χ1n) is 14.3. The molecule has 2 amide bonds. The number of ether oxygens (including phenoxy) is 3. The molecule has 0 radical (unpaired) electrons. The summed E-state index contributed by atoms with van der Waals surface area (Å²) in [6, 6.07) is 9.71. The molecule has 1 aliphatic carbocycles. The summed E-state index contributed by atoms with van der Waals surface area (Å²) in [4.78, 5) is 35.9. The third-order valence-electron chi connectivity index (χ3n) is 7.57. The second-order valence-corrected chi connectivity index (χ2v) is 12.1. The van der Waals surface area contributed by atoms with Gasteiger partial charge in [0.05, 0.1) is 36.2 Å². The number of carbonyl (C=O) groups excluding carboxylic acids is 2. The molecule has 39 heavy (non-hydrogen) atoms. The first-order chi connectivity index (χ1) is 18.6. The van der Waals surface area contributed by atoms with Crippen molar-refractivity contribution in [2.24, 2.45) is 5.92 Å². The van der Waals surface area contributed by atoms with Crippen LogP contribution in [0.5, 0.6) is 0 Å². The van der Waals surface area contributed by atoms with Crippen molar-refractivity contribution in [1.29, 1.82) is 0 Å². The van der Waals surface area contributed by atoms with E-state index in [0.29, 0.717) is 23.7 Å². The number of fused-ring (bicyclic) bond motifs is 2. The Labute approximate surface area is 231 Å². The molecule has 3 aliphatic rings. The molecule has 0 bridgehead atoms. The second-order valence-electron chi connectivity index (χ2n) is 12.1. The van der Waals surface area contributed by atoms with E-state index in [1.807, 2.05) is 56.0 Å². The first-order valence-corrected chi connectivity index (χ1v) is 14.3. The van der Waals surface area contributed by atoms with Crippen LogP contribution in [0.3, 0.4) is 0 Å². The van der Waals surface area contributed by atoms with Gasteiger partial charge in [-0.1, -0.05) is 12.1 Å². The Morgan fingerprint density at radius 2 is 1.82 bits per heavy atom. The number of hydrogen-bond donors (Lipinski definition) is 0. The fourth-order valence-electron chi connectivity index (χ4n) is 5.85. The first kappa shape index (κ1) is 27.6. The minimum absolute atomic E-state index is 0.0189. The molecule has 1 unspecified atom stereocenters. The molecule has 0 spiro atoms. The number of hydrogen-bond acceptors (Lipinski definition) is 6. The minimum Gasteiger partial charge on any atom is -0.443 e. The summed E-state index contributed by atoms with van der Waals surface area (Å²) >= 11 is 0. The Kier molecular flexibility index (Phi) is 7.96. The van der Waals surface area contributed by atoms with E-state index < -0.39 is 11.7 Å². The van der Waals surface area contributed by atoms with Crippen molar-refractivity contribution in [2.45, 2.75) is 104 Å². The van der Waals surface area contributed by atoms with Gasteiger partial charge >= 0.3 is 6.09 Å². The van der Waals surface area contributed by atoms with Gasteiger partial charge in [0.15, 0.2) is 0 Å². The molecule has 1 saturated heterocycles. The topological polar surface area (TPSA) is 81.2 Å². The molecule has 1 atom stereocenters. The maximum absolute atomic E-state index is 14.2. The predicted octanol–water partition coefficient (Wildman–Crippen LogP) is 6.84. The summed E-state index contributed by atoms with van der Waals surface area (Å²) in [6.07, 6.45) is 6.75. The number of anilines is 3. The molecule has 5 rings (SSSR count). The van der Waals surface area contributed by atoms with Crippen LogP contribution in [0.4, 0.5) is 22.0 Å². The predicted molar refractivity (Wildman–Crippen MR) is 150 cm³/mol. The summed E-state index contributed by atoms with van der Waals surface area (Å²) in [7, 11) is 0. The van der Waals surface area contributed by atoms with Crippen LogP contribution in [0.25, 0.3) is 0 Å². The van der Waals surface area contributed by atoms with Crippen LogP contribution in [0.1, 0.15) is 90.4 Å². The van der Waals surface area contributed by atoms with Gasteiger partial charge in [-0.15, -0.1) is 0 Å². The Hall–Kier alpha value is -2.97. The number of aromatic nitrogens is 1. The van der Waals surface area contributed by atoms with Crippen LogP contribution in [-0.4, -0.2) is 41.4 Å². The van der Waals surface area contributed by atoms with Gasteiger partial charge in [-0.2, -0.15) is 0 Å². The lowest BCUT2D eigenvalue weighted by Gasteiger charge is -2.33. The molecule has 1 saturated carbocycles. The molecule has 2 aromatic rings. The zero-order chi connectivity index (χ0) is 27.7. The largest absolute Gasteiger partial charge is 0.443 e. The summed E-state index contributed by atoms with van der Waals surface area (Å²) < 4.78 is 17.9. The molecule has 8 heteroatoms. The molecule has 210 valence electrons. The molecule has 2 fully saturated rings. The van der Waals surface area contributed by atoms with E-state index in [-0.39, 0.29) is 30.1 Å². The van der Waals surface area contributed by atoms with Gasteiger partial charge in [-0.05, 0) is 96.9 Å². The number of amides is 2. The van der Waals surface area contributed by atoms with E-state index in [4.69, 9.17) is 14.2 Å². The van der Waals surface area contributed by atoms with Gasteiger partial charge < -0.3 is 19.1 Å². The van der Waals surface area contributed by atoms with Crippen LogP contribution in [0.2, 0.25) is 0 Å². The van der Waals surface area contributed by atoms with Gasteiger partial charge in [0.1, 0.15) is 11.4 Å². The lowest BCUT2D eigenvalue weighted by molar-refractivity contribution is -0.124. The average Bonchev–Trinajstić information content (AvgIpc) is 3.38. The van der Waals surface area contributed by atoms with E-state index in [2.05, 4.69) is 18.8 Å². The smallest absolute Gasteiger partial charge is 0.420 e. The number of nitrogens with zero attached hydrogens (tertiary/aromatic N) is 3. The summed E-state index contributed by atoms with van der Waals surface area (Å²) in [6.45, 7) is 10.7. The summed E-state index contributed by atoms with van der Waals surface area (Å²) in [5.74, 6) is 0.455. The van der Waals surface area contributed by atoms with Crippen LogP contribution >= 0.6 is 0 Å². The Balaban J connectivity index is 1.55. The van der Waals surface area contributed by atoms with Crippen LogP contribution in [-0.2, 0) is 25.5 Å². The van der Waals surface area contributed by atoms with Gasteiger partial charge in [0.2, 0.25) is 5.91 Å². The van der Waals surface area contributed by atoms with Crippen molar-refractivity contribution in [3.63, 3.8) is 0 Å². The molecular weight excluding hydrogens is 494 g/mol. The zero-order valence-corrected chi connectivity index (χ0v) is 23.8. The average molecular weight is 536 g/mol. The zero-order valence-electron chi connectivity index (χ0n) is 23.8. The lowest BCUT2D eigenvalue weighted by Crippen LogP contribution is -2.39. The highest BCUT2D eigenvalue weighted by Gasteiger charge is 2.38. The number of rotatable bonds is 4. The fourth-order valence-corrected chi connectivity index (χ4v) is 5.85. The van der Waals surface area contributed by atoms with E-state index in [1.54, 1.807) is 6.20 Å². The highest BCUT2D eigenvalue weighted by atomic mass is 16.6. The van der Waals surface area contributed by atoms with Crippen molar-refractivity contribution in [3.05, 3.63) is 47.7 Å². The van der Waals surface area contributed by atoms with Crippen LogP contribution in [0, 0.1) is 5.92 Å². The molecule has 1 aromatic heterocycles. The van der Waals surface area contributed by atoms with Crippen molar-refractivity contribution in [3.8, 4) is 0 Å². The molecular formula is C31H41N3O5. The van der Waals surface area contributed by atoms with Crippen molar-refractivity contribution in [1.82, 2.24) is 4.98 Å². The third kappa shape index (κ3) is 6.12. The van der Waals surface area contributed by atoms with E-state index in [0.717, 1.165) is 56.3 Å². The lowest BCUT2D eigenvalue weighted by atomic mass is 9.86. The molecule has 8 nitrogen and oxygen atoms in total. The van der Waals surface area contributed by atoms with Gasteiger partial charge in [0.25, 0.3) is 0 Å². The molecule has 2 aliphatic heterocycles. The summed E-state index contributed by atoms with van der Waals surface area (Å²) in [5, 5.41) is 0. The highest BCUT2D eigenvalue weighted by Crippen LogP contribution is 2.44. The van der Waals surface area contributed by atoms with E-state index >= 15 is 0 Å². The Morgan fingerprint density at radius 3 is 2.49 bits per heavy atom. The van der Waals surface area contributed by atoms with Gasteiger partial charge in [-0.25, -0.2) is 14.7 Å².